The summed E-state index contributed by atoms with van der Waals surface area (Å²) in [5, 5.41) is 11.8. The van der Waals surface area contributed by atoms with Crippen LogP contribution in [0.1, 0.15) is 26.7 Å². The summed E-state index contributed by atoms with van der Waals surface area (Å²) in [6.45, 7) is 3.97. The van der Waals surface area contributed by atoms with Crippen molar-refractivity contribution in [3.8, 4) is 5.75 Å². The van der Waals surface area contributed by atoms with E-state index in [1.54, 1.807) is 18.9 Å². The van der Waals surface area contributed by atoms with Crippen LogP contribution in [0.5, 0.6) is 5.75 Å². The molecule has 0 bridgehead atoms. The summed E-state index contributed by atoms with van der Waals surface area (Å²) in [5.41, 5.74) is 5.40. The van der Waals surface area contributed by atoms with Gasteiger partial charge in [0.1, 0.15) is 11.6 Å². The summed E-state index contributed by atoms with van der Waals surface area (Å²) in [6, 6.07) is 8.02. The molecule has 3 N–H and O–H groups in total. The molecular formula is C14H22N2O2S. The lowest BCUT2D eigenvalue weighted by Gasteiger charge is -2.22. The number of thioether (sulfide) groups is 1. The smallest absolute Gasteiger partial charge is 0.144 e. The zero-order valence-electron chi connectivity index (χ0n) is 11.7. The number of nitrogens with two attached hydrogens (primary N) is 1. The number of amidine groups is 1. The largest absolute Gasteiger partial charge is 0.497 e. The van der Waals surface area contributed by atoms with Gasteiger partial charge < -0.3 is 15.7 Å². The Morgan fingerprint density at radius 3 is 2.84 bits per heavy atom. The minimum atomic E-state index is -0.260. The van der Waals surface area contributed by atoms with Gasteiger partial charge in [0.05, 0.1) is 7.11 Å². The fourth-order valence-corrected chi connectivity index (χ4v) is 2.56. The first kappa shape index (κ1) is 15.7. The molecule has 106 valence electrons. The first-order valence-corrected chi connectivity index (χ1v) is 7.23. The van der Waals surface area contributed by atoms with Crippen molar-refractivity contribution in [2.45, 2.75) is 31.6 Å². The van der Waals surface area contributed by atoms with Crippen molar-refractivity contribution in [3.63, 3.8) is 0 Å². The Labute approximate surface area is 119 Å². The second-order valence-corrected chi connectivity index (χ2v) is 6.17. The summed E-state index contributed by atoms with van der Waals surface area (Å²) >= 11 is 1.79. The Kier molecular flexibility index (Phi) is 6.02. The summed E-state index contributed by atoms with van der Waals surface area (Å²) in [5.74, 6) is 2.16. The van der Waals surface area contributed by atoms with Crippen LogP contribution in [0.4, 0.5) is 0 Å². The average molecular weight is 282 g/mol. The first-order valence-electron chi connectivity index (χ1n) is 6.24. The zero-order chi connectivity index (χ0) is 14.3. The molecule has 0 aliphatic carbocycles. The van der Waals surface area contributed by atoms with E-state index in [-0.39, 0.29) is 5.41 Å². The molecule has 1 aromatic rings. The molecule has 19 heavy (non-hydrogen) atoms. The molecule has 0 fully saturated rings. The van der Waals surface area contributed by atoms with Crippen LogP contribution >= 0.6 is 11.8 Å². The van der Waals surface area contributed by atoms with Crippen LogP contribution in [-0.4, -0.2) is 23.9 Å². The maximum Gasteiger partial charge on any atom is 0.144 e. The molecular weight excluding hydrogens is 260 g/mol. The highest BCUT2D eigenvalue weighted by molar-refractivity contribution is 7.99. The molecule has 0 radical (unpaired) electrons. The SMILES string of the molecule is COc1cccc(SCCCC(C)(C)C(N)=NO)c1. The van der Waals surface area contributed by atoms with E-state index in [1.807, 2.05) is 32.0 Å². The Hall–Kier alpha value is -1.36. The number of hydrogen-bond donors (Lipinski definition) is 2. The monoisotopic (exact) mass is 282 g/mol. The van der Waals surface area contributed by atoms with Crippen molar-refractivity contribution in [1.82, 2.24) is 0 Å². The third kappa shape index (κ3) is 5.03. The van der Waals surface area contributed by atoms with E-state index in [4.69, 9.17) is 15.7 Å². The van der Waals surface area contributed by atoms with Crippen molar-refractivity contribution in [2.75, 3.05) is 12.9 Å². The van der Waals surface area contributed by atoms with Crippen LogP contribution in [0.2, 0.25) is 0 Å². The Morgan fingerprint density at radius 1 is 1.47 bits per heavy atom. The lowest BCUT2D eigenvalue weighted by molar-refractivity contribution is 0.305. The lowest BCUT2D eigenvalue weighted by atomic mass is 9.87. The summed E-state index contributed by atoms with van der Waals surface area (Å²) in [6.07, 6.45) is 1.89. The van der Waals surface area contributed by atoms with Gasteiger partial charge in [-0.3, -0.25) is 0 Å². The van der Waals surface area contributed by atoms with Gasteiger partial charge in [-0.05, 0) is 36.8 Å². The maximum atomic E-state index is 8.71. The highest BCUT2D eigenvalue weighted by Crippen LogP contribution is 2.27. The number of hydrogen-bond acceptors (Lipinski definition) is 4. The number of benzene rings is 1. The van der Waals surface area contributed by atoms with Gasteiger partial charge in [-0.25, -0.2) is 0 Å². The molecule has 0 atom stereocenters. The second-order valence-electron chi connectivity index (χ2n) is 5.00. The van der Waals surface area contributed by atoms with E-state index in [2.05, 4.69) is 11.2 Å². The molecule has 0 aliphatic rings. The molecule has 4 nitrogen and oxygen atoms in total. The summed E-state index contributed by atoms with van der Waals surface area (Å²) in [7, 11) is 1.67. The van der Waals surface area contributed by atoms with Crippen LogP contribution in [0.3, 0.4) is 0 Å². The second kappa shape index (κ2) is 7.28. The van der Waals surface area contributed by atoms with Crippen LogP contribution in [0, 0.1) is 5.41 Å². The van der Waals surface area contributed by atoms with Gasteiger partial charge in [0.15, 0.2) is 0 Å². The first-order chi connectivity index (χ1) is 8.99. The van der Waals surface area contributed by atoms with E-state index in [9.17, 15) is 0 Å². The molecule has 0 heterocycles. The van der Waals surface area contributed by atoms with Crippen molar-refractivity contribution < 1.29 is 9.94 Å². The van der Waals surface area contributed by atoms with E-state index in [0.29, 0.717) is 5.84 Å². The molecule has 1 rings (SSSR count). The van der Waals surface area contributed by atoms with Gasteiger partial charge in [0, 0.05) is 10.3 Å². The summed E-state index contributed by atoms with van der Waals surface area (Å²) in [4.78, 5) is 1.20. The minimum absolute atomic E-state index is 0.260. The van der Waals surface area contributed by atoms with Gasteiger partial charge in [-0.1, -0.05) is 25.1 Å². The van der Waals surface area contributed by atoms with Gasteiger partial charge in [0.2, 0.25) is 0 Å². The zero-order valence-corrected chi connectivity index (χ0v) is 12.5. The Balaban J connectivity index is 2.38. The number of rotatable bonds is 7. The molecule has 0 aliphatic heterocycles. The molecule has 0 amide bonds. The van der Waals surface area contributed by atoms with Crippen molar-refractivity contribution in [1.29, 1.82) is 0 Å². The molecule has 0 spiro atoms. The summed E-state index contributed by atoms with van der Waals surface area (Å²) < 4.78 is 5.19. The minimum Gasteiger partial charge on any atom is -0.497 e. The highest BCUT2D eigenvalue weighted by Gasteiger charge is 2.22. The maximum absolute atomic E-state index is 8.71. The molecule has 5 heteroatoms. The van der Waals surface area contributed by atoms with Crippen molar-refractivity contribution in [2.24, 2.45) is 16.3 Å². The van der Waals surface area contributed by atoms with Gasteiger partial charge in [0.25, 0.3) is 0 Å². The lowest BCUT2D eigenvalue weighted by Crippen LogP contribution is -2.31. The van der Waals surface area contributed by atoms with Crippen LogP contribution in [-0.2, 0) is 0 Å². The van der Waals surface area contributed by atoms with E-state index < -0.39 is 0 Å². The van der Waals surface area contributed by atoms with Crippen LogP contribution < -0.4 is 10.5 Å². The fraction of sp³-hybridized carbons (Fsp3) is 0.500. The van der Waals surface area contributed by atoms with E-state index >= 15 is 0 Å². The Bertz CT molecular complexity index is 433. The predicted octanol–water partition coefficient (Wildman–Crippen LogP) is 3.34. The molecule has 0 saturated heterocycles. The topological polar surface area (TPSA) is 67.8 Å². The van der Waals surface area contributed by atoms with Crippen molar-refractivity contribution >= 4 is 17.6 Å². The fourth-order valence-electron chi connectivity index (χ4n) is 1.66. The normalized spacial score (nSPS) is 12.5. The number of nitrogens with zero attached hydrogens (tertiary/aromatic N) is 1. The number of oxime groups is 1. The third-order valence-corrected chi connectivity index (χ3v) is 4.14. The van der Waals surface area contributed by atoms with Gasteiger partial charge in [-0.15, -0.1) is 11.8 Å². The van der Waals surface area contributed by atoms with Gasteiger partial charge >= 0.3 is 0 Å². The van der Waals surface area contributed by atoms with Crippen LogP contribution in [0.25, 0.3) is 0 Å². The third-order valence-electron chi connectivity index (χ3n) is 3.06. The highest BCUT2D eigenvalue weighted by atomic mass is 32.2. The molecule has 0 saturated carbocycles. The van der Waals surface area contributed by atoms with E-state index in [0.717, 1.165) is 24.3 Å². The molecule has 0 unspecified atom stereocenters. The quantitative estimate of drug-likeness (QED) is 0.201. The predicted molar refractivity (Wildman–Crippen MR) is 80.1 cm³/mol. The molecule has 0 aromatic heterocycles. The number of methoxy groups -OCH3 is 1. The number of ether oxygens (including phenoxy) is 1. The molecule has 1 aromatic carbocycles. The Morgan fingerprint density at radius 2 is 2.21 bits per heavy atom. The van der Waals surface area contributed by atoms with Crippen LogP contribution in [0.15, 0.2) is 34.3 Å². The van der Waals surface area contributed by atoms with Crippen molar-refractivity contribution in [3.05, 3.63) is 24.3 Å². The van der Waals surface area contributed by atoms with E-state index in [1.165, 1.54) is 4.90 Å². The average Bonchev–Trinajstić information content (AvgIpc) is 2.43. The standard InChI is InChI=1S/C14H22N2O2S/c1-14(2,13(15)16-17)8-5-9-19-12-7-4-6-11(10-12)18-3/h4,6-7,10,17H,5,8-9H2,1-3H3,(H2,15,16). The van der Waals surface area contributed by atoms with Gasteiger partial charge in [-0.2, -0.15) is 0 Å².